The molecule has 2 atom stereocenters. The summed E-state index contributed by atoms with van der Waals surface area (Å²) in [5, 5.41) is 8.54. The van der Waals surface area contributed by atoms with Crippen LogP contribution in [0.5, 0.6) is 0 Å². The molecule has 5 nitrogen and oxygen atoms in total. The molecule has 0 aliphatic carbocycles. The molecule has 0 N–H and O–H groups in total. The Kier molecular flexibility index (Phi) is 4.86. The Bertz CT molecular complexity index is 613. The van der Waals surface area contributed by atoms with Gasteiger partial charge in [-0.1, -0.05) is 6.07 Å². The van der Waals surface area contributed by atoms with Gasteiger partial charge >= 0.3 is 0 Å². The average Bonchev–Trinajstić information content (AvgIpc) is 2.62. The Hall–Kier alpha value is -2.01. The molecule has 23 heavy (non-hydrogen) atoms. The van der Waals surface area contributed by atoms with Crippen LogP contribution in [0.25, 0.3) is 0 Å². The highest BCUT2D eigenvalue weighted by atomic mass is 15.3. The van der Waals surface area contributed by atoms with Crippen LogP contribution in [0, 0.1) is 6.92 Å². The zero-order chi connectivity index (χ0) is 16.2. The Morgan fingerprint density at radius 2 is 2.13 bits per heavy atom. The average molecular weight is 311 g/mol. The largest absolute Gasteiger partial charge is 0.354 e. The van der Waals surface area contributed by atoms with Crippen LogP contribution in [0.2, 0.25) is 0 Å². The molecule has 2 aromatic rings. The first-order valence-corrected chi connectivity index (χ1v) is 8.32. The van der Waals surface area contributed by atoms with Crippen LogP contribution in [-0.4, -0.2) is 46.3 Å². The van der Waals surface area contributed by atoms with E-state index in [-0.39, 0.29) is 0 Å². The highest BCUT2D eigenvalue weighted by Crippen LogP contribution is 2.26. The number of aryl methyl sites for hydroxylation is 1. The van der Waals surface area contributed by atoms with Gasteiger partial charge in [-0.3, -0.25) is 9.88 Å². The number of likely N-dealkylation sites (N-methyl/N-ethyl adjacent to an activating group) is 1. The lowest BCUT2D eigenvalue weighted by atomic mass is 10.0. The fourth-order valence-electron chi connectivity index (χ4n) is 3.23. The van der Waals surface area contributed by atoms with Crippen LogP contribution < -0.4 is 4.90 Å². The van der Waals surface area contributed by atoms with Gasteiger partial charge in [0.2, 0.25) is 0 Å². The lowest BCUT2D eigenvalue weighted by molar-refractivity contribution is 0.165. The van der Waals surface area contributed by atoms with E-state index in [1.807, 2.05) is 31.5 Å². The van der Waals surface area contributed by atoms with Gasteiger partial charge in [-0.05, 0) is 57.5 Å². The van der Waals surface area contributed by atoms with Crippen LogP contribution in [0.4, 0.5) is 5.82 Å². The van der Waals surface area contributed by atoms with Crippen molar-refractivity contribution in [2.75, 3.05) is 25.0 Å². The number of pyridine rings is 1. The molecular formula is C18H25N5. The number of rotatable bonds is 4. The van der Waals surface area contributed by atoms with Crippen molar-refractivity contribution in [2.45, 2.75) is 38.8 Å². The third-order valence-corrected chi connectivity index (χ3v) is 4.86. The van der Waals surface area contributed by atoms with Crippen molar-refractivity contribution in [1.29, 1.82) is 0 Å². The van der Waals surface area contributed by atoms with Crippen molar-refractivity contribution in [3.05, 3.63) is 47.9 Å². The van der Waals surface area contributed by atoms with Crippen molar-refractivity contribution in [1.82, 2.24) is 20.1 Å². The Morgan fingerprint density at radius 3 is 2.83 bits per heavy atom. The van der Waals surface area contributed by atoms with Gasteiger partial charge in [-0.15, -0.1) is 5.10 Å². The van der Waals surface area contributed by atoms with Crippen molar-refractivity contribution in [3.8, 4) is 0 Å². The fraction of sp³-hybridized carbons (Fsp3) is 0.500. The summed E-state index contributed by atoms with van der Waals surface area (Å²) in [4.78, 5) is 9.07. The minimum atomic E-state index is 0.359. The lowest BCUT2D eigenvalue weighted by Gasteiger charge is -2.40. The highest BCUT2D eigenvalue weighted by molar-refractivity contribution is 5.38. The van der Waals surface area contributed by atoms with E-state index in [0.29, 0.717) is 12.1 Å². The molecule has 0 spiro atoms. The first-order valence-electron chi connectivity index (χ1n) is 8.32. The van der Waals surface area contributed by atoms with Gasteiger partial charge in [0.15, 0.2) is 5.82 Å². The Morgan fingerprint density at radius 1 is 1.26 bits per heavy atom. The molecule has 1 fully saturated rings. The van der Waals surface area contributed by atoms with E-state index in [2.05, 4.69) is 51.1 Å². The second kappa shape index (κ2) is 7.04. The molecule has 3 rings (SSSR count). The summed E-state index contributed by atoms with van der Waals surface area (Å²) in [6.45, 7) is 6.28. The molecule has 1 aliphatic heterocycles. The van der Waals surface area contributed by atoms with Crippen LogP contribution in [0.1, 0.15) is 37.1 Å². The maximum atomic E-state index is 4.35. The van der Waals surface area contributed by atoms with Gasteiger partial charge in [0.05, 0.1) is 5.69 Å². The monoisotopic (exact) mass is 311 g/mol. The van der Waals surface area contributed by atoms with Gasteiger partial charge in [-0.2, -0.15) is 5.10 Å². The van der Waals surface area contributed by atoms with Crippen LogP contribution >= 0.6 is 0 Å². The van der Waals surface area contributed by atoms with E-state index < -0.39 is 0 Å². The molecule has 0 saturated carbocycles. The predicted octanol–water partition coefficient (Wildman–Crippen LogP) is 2.84. The molecule has 0 amide bonds. The minimum Gasteiger partial charge on any atom is -0.354 e. The zero-order valence-electron chi connectivity index (χ0n) is 14.2. The summed E-state index contributed by atoms with van der Waals surface area (Å²) in [5.74, 6) is 0.989. The third-order valence-electron chi connectivity index (χ3n) is 4.86. The smallest absolute Gasteiger partial charge is 0.151 e. The molecule has 122 valence electrons. The maximum absolute atomic E-state index is 4.35. The highest BCUT2D eigenvalue weighted by Gasteiger charge is 2.27. The molecule has 5 heteroatoms. The summed E-state index contributed by atoms with van der Waals surface area (Å²) < 4.78 is 0. The van der Waals surface area contributed by atoms with Crippen LogP contribution in [-0.2, 0) is 0 Å². The number of hydrogen-bond acceptors (Lipinski definition) is 5. The van der Waals surface area contributed by atoms with E-state index in [1.165, 1.54) is 18.4 Å². The second-order valence-corrected chi connectivity index (χ2v) is 6.40. The number of anilines is 1. The molecule has 0 aromatic carbocycles. The van der Waals surface area contributed by atoms with E-state index >= 15 is 0 Å². The van der Waals surface area contributed by atoms with Crippen molar-refractivity contribution >= 4 is 5.82 Å². The molecule has 2 aromatic heterocycles. The topological polar surface area (TPSA) is 45.2 Å². The lowest BCUT2D eigenvalue weighted by Crippen LogP contribution is -2.47. The maximum Gasteiger partial charge on any atom is 0.151 e. The number of hydrogen-bond donors (Lipinski definition) is 0. The summed E-state index contributed by atoms with van der Waals surface area (Å²) in [6, 6.07) is 9.15. The molecule has 0 bridgehead atoms. The third kappa shape index (κ3) is 3.67. The minimum absolute atomic E-state index is 0.359. The van der Waals surface area contributed by atoms with Crippen molar-refractivity contribution < 1.29 is 0 Å². The molecule has 3 heterocycles. The van der Waals surface area contributed by atoms with Crippen LogP contribution in [0.3, 0.4) is 0 Å². The van der Waals surface area contributed by atoms with E-state index in [4.69, 9.17) is 0 Å². The van der Waals surface area contributed by atoms with Gasteiger partial charge in [-0.25, -0.2) is 0 Å². The Labute approximate surface area is 138 Å². The molecule has 1 aliphatic rings. The SMILES string of the molecule is Cc1ccc(N2CCCC(N(C)C(C)c3cccnc3)C2)nn1. The fourth-order valence-corrected chi connectivity index (χ4v) is 3.23. The van der Waals surface area contributed by atoms with E-state index in [0.717, 1.165) is 24.6 Å². The predicted molar refractivity (Wildman–Crippen MR) is 92.4 cm³/mol. The van der Waals surface area contributed by atoms with Gasteiger partial charge in [0.25, 0.3) is 0 Å². The van der Waals surface area contributed by atoms with E-state index in [1.54, 1.807) is 0 Å². The first kappa shape index (κ1) is 15.9. The normalized spacial score (nSPS) is 19.8. The van der Waals surface area contributed by atoms with Crippen molar-refractivity contribution in [2.24, 2.45) is 0 Å². The molecule has 1 saturated heterocycles. The number of nitrogens with zero attached hydrogens (tertiary/aromatic N) is 5. The van der Waals surface area contributed by atoms with Gasteiger partial charge in [0, 0.05) is 37.6 Å². The first-order chi connectivity index (χ1) is 11.1. The zero-order valence-corrected chi connectivity index (χ0v) is 14.2. The summed E-state index contributed by atoms with van der Waals surface area (Å²) in [5.41, 5.74) is 2.23. The summed E-state index contributed by atoms with van der Waals surface area (Å²) >= 11 is 0. The summed E-state index contributed by atoms with van der Waals surface area (Å²) in [7, 11) is 2.21. The van der Waals surface area contributed by atoms with Gasteiger partial charge in [0.1, 0.15) is 0 Å². The van der Waals surface area contributed by atoms with E-state index in [9.17, 15) is 0 Å². The molecule has 2 unspecified atom stereocenters. The standard InChI is InChI=1S/C18H25N5/c1-14-8-9-18(21-20-14)23-11-5-7-17(13-23)22(3)15(2)16-6-4-10-19-12-16/h4,6,8-10,12,15,17H,5,7,11,13H2,1-3H3. The van der Waals surface area contributed by atoms with Crippen LogP contribution in [0.15, 0.2) is 36.7 Å². The second-order valence-electron chi connectivity index (χ2n) is 6.40. The van der Waals surface area contributed by atoms with Gasteiger partial charge < -0.3 is 4.90 Å². The molecular weight excluding hydrogens is 286 g/mol. The number of piperidine rings is 1. The quantitative estimate of drug-likeness (QED) is 0.869. The summed E-state index contributed by atoms with van der Waals surface area (Å²) in [6.07, 6.45) is 6.20. The van der Waals surface area contributed by atoms with Crippen molar-refractivity contribution in [3.63, 3.8) is 0 Å². The Balaban J connectivity index is 1.69. The molecule has 0 radical (unpaired) electrons. The number of aromatic nitrogens is 3.